The summed E-state index contributed by atoms with van der Waals surface area (Å²) >= 11 is 0. The van der Waals surface area contributed by atoms with Crippen molar-refractivity contribution in [3.63, 3.8) is 0 Å². The molecular formula is C25H31NO6. The van der Waals surface area contributed by atoms with Crippen molar-refractivity contribution in [1.29, 1.82) is 0 Å². The molecule has 0 spiro atoms. The SMILES string of the molecule is COC(=O)[C@@H](Cc1ccccc1)C[C@H](NC(=O)OC(C)(C)C)C(=O)OCc1ccccc1. The van der Waals surface area contributed by atoms with Crippen LogP contribution < -0.4 is 5.32 Å². The van der Waals surface area contributed by atoms with E-state index >= 15 is 0 Å². The van der Waals surface area contributed by atoms with E-state index in [0.29, 0.717) is 6.42 Å². The Morgan fingerprint density at radius 1 is 0.875 bits per heavy atom. The normalized spacial score (nSPS) is 12.9. The molecule has 7 nitrogen and oxygen atoms in total. The zero-order valence-corrected chi connectivity index (χ0v) is 19.0. The first-order valence-corrected chi connectivity index (χ1v) is 10.5. The van der Waals surface area contributed by atoms with Crippen LogP contribution in [0.1, 0.15) is 38.3 Å². The molecule has 2 aromatic rings. The van der Waals surface area contributed by atoms with Gasteiger partial charge in [0.2, 0.25) is 0 Å². The summed E-state index contributed by atoms with van der Waals surface area (Å²) in [5.41, 5.74) is 0.983. The van der Waals surface area contributed by atoms with Crippen LogP contribution in [0.2, 0.25) is 0 Å². The molecule has 2 aromatic carbocycles. The molecule has 0 aromatic heterocycles. The van der Waals surface area contributed by atoms with Crippen molar-refractivity contribution < 1.29 is 28.6 Å². The summed E-state index contributed by atoms with van der Waals surface area (Å²) in [6.07, 6.45) is -0.400. The molecule has 7 heteroatoms. The molecule has 0 saturated heterocycles. The van der Waals surface area contributed by atoms with Crippen molar-refractivity contribution in [2.24, 2.45) is 5.92 Å². The van der Waals surface area contributed by atoms with Crippen LogP contribution in [0.15, 0.2) is 60.7 Å². The van der Waals surface area contributed by atoms with Gasteiger partial charge >= 0.3 is 18.0 Å². The molecule has 1 amide bonds. The fraction of sp³-hybridized carbons (Fsp3) is 0.400. The molecule has 0 aliphatic rings. The number of carbonyl (C=O) groups is 3. The lowest BCUT2D eigenvalue weighted by Crippen LogP contribution is -2.46. The van der Waals surface area contributed by atoms with Gasteiger partial charge < -0.3 is 19.5 Å². The Bertz CT molecular complexity index is 876. The maximum atomic E-state index is 12.9. The first kappa shape index (κ1) is 24.9. The largest absolute Gasteiger partial charge is 0.469 e. The van der Waals surface area contributed by atoms with E-state index in [1.165, 1.54) is 7.11 Å². The van der Waals surface area contributed by atoms with E-state index in [0.717, 1.165) is 11.1 Å². The number of benzene rings is 2. The lowest BCUT2D eigenvalue weighted by Gasteiger charge is -2.25. The van der Waals surface area contributed by atoms with Gasteiger partial charge in [-0.25, -0.2) is 9.59 Å². The standard InChI is InChI=1S/C25H31NO6/c1-25(2,3)32-24(29)26-21(23(28)31-17-19-13-9-6-10-14-19)16-20(22(27)30-4)15-18-11-7-5-8-12-18/h5-14,20-21H,15-17H2,1-4H3,(H,26,29)/t20-,21-/m0/s1. The first-order valence-electron chi connectivity index (χ1n) is 10.5. The van der Waals surface area contributed by atoms with Gasteiger partial charge in [0.15, 0.2) is 0 Å². The average molecular weight is 442 g/mol. The molecule has 0 heterocycles. The van der Waals surface area contributed by atoms with E-state index in [4.69, 9.17) is 14.2 Å². The quantitative estimate of drug-likeness (QED) is 0.466. The zero-order chi connectivity index (χ0) is 23.6. The number of rotatable bonds is 9. The van der Waals surface area contributed by atoms with E-state index in [9.17, 15) is 14.4 Å². The Balaban J connectivity index is 2.16. The van der Waals surface area contributed by atoms with E-state index < -0.39 is 35.6 Å². The number of hydrogen-bond donors (Lipinski definition) is 1. The Morgan fingerprint density at radius 3 is 1.97 bits per heavy atom. The van der Waals surface area contributed by atoms with Gasteiger partial charge in [0.25, 0.3) is 0 Å². The van der Waals surface area contributed by atoms with Crippen LogP contribution in [0.25, 0.3) is 0 Å². The summed E-state index contributed by atoms with van der Waals surface area (Å²) in [5.74, 6) is -1.78. The highest BCUT2D eigenvalue weighted by Crippen LogP contribution is 2.18. The number of carbonyl (C=O) groups excluding carboxylic acids is 3. The molecule has 172 valence electrons. The molecule has 0 bridgehead atoms. The van der Waals surface area contributed by atoms with Crippen LogP contribution >= 0.6 is 0 Å². The average Bonchev–Trinajstić information content (AvgIpc) is 2.76. The molecule has 32 heavy (non-hydrogen) atoms. The monoisotopic (exact) mass is 441 g/mol. The summed E-state index contributed by atoms with van der Waals surface area (Å²) in [6, 6.07) is 17.5. The van der Waals surface area contributed by atoms with Gasteiger partial charge in [0.1, 0.15) is 18.2 Å². The summed E-state index contributed by atoms with van der Waals surface area (Å²) in [6.45, 7) is 5.22. The van der Waals surface area contributed by atoms with Gasteiger partial charge in [-0.05, 0) is 44.7 Å². The van der Waals surface area contributed by atoms with Gasteiger partial charge in [-0.2, -0.15) is 0 Å². The Hall–Kier alpha value is -3.35. The van der Waals surface area contributed by atoms with Gasteiger partial charge in [0, 0.05) is 0 Å². The third-order valence-corrected chi connectivity index (χ3v) is 4.58. The fourth-order valence-corrected chi connectivity index (χ4v) is 3.11. The van der Waals surface area contributed by atoms with E-state index in [1.807, 2.05) is 60.7 Å². The minimum Gasteiger partial charge on any atom is -0.469 e. The molecule has 2 rings (SSSR count). The number of hydrogen-bond acceptors (Lipinski definition) is 6. The van der Waals surface area contributed by atoms with Crippen molar-refractivity contribution in [3.8, 4) is 0 Å². The minimum absolute atomic E-state index is 0.00837. The Labute approximate surface area is 189 Å². The van der Waals surface area contributed by atoms with E-state index in [1.54, 1.807) is 20.8 Å². The van der Waals surface area contributed by atoms with E-state index in [-0.39, 0.29) is 13.0 Å². The van der Waals surface area contributed by atoms with Crippen LogP contribution in [-0.2, 0) is 36.8 Å². The number of methoxy groups -OCH3 is 1. The van der Waals surface area contributed by atoms with Gasteiger partial charge in [-0.3, -0.25) is 4.79 Å². The lowest BCUT2D eigenvalue weighted by molar-refractivity contribution is -0.150. The maximum Gasteiger partial charge on any atom is 0.408 e. The van der Waals surface area contributed by atoms with Crippen LogP contribution in [-0.4, -0.2) is 36.8 Å². The molecule has 2 atom stereocenters. The second-order valence-corrected chi connectivity index (χ2v) is 8.44. The molecule has 0 fully saturated rings. The molecule has 0 radical (unpaired) electrons. The number of amides is 1. The second kappa shape index (κ2) is 11.9. The third kappa shape index (κ3) is 8.79. The molecule has 0 unspecified atom stereocenters. The predicted molar refractivity (Wildman–Crippen MR) is 120 cm³/mol. The van der Waals surface area contributed by atoms with Gasteiger partial charge in [-0.15, -0.1) is 0 Å². The highest BCUT2D eigenvalue weighted by Gasteiger charge is 2.32. The van der Waals surface area contributed by atoms with Crippen molar-refractivity contribution in [2.75, 3.05) is 7.11 Å². The topological polar surface area (TPSA) is 90.9 Å². The highest BCUT2D eigenvalue weighted by atomic mass is 16.6. The van der Waals surface area contributed by atoms with Crippen molar-refractivity contribution >= 4 is 18.0 Å². The maximum absolute atomic E-state index is 12.9. The molecule has 1 N–H and O–H groups in total. The van der Waals surface area contributed by atoms with Gasteiger partial charge in [0.05, 0.1) is 13.0 Å². The van der Waals surface area contributed by atoms with Crippen LogP contribution in [0.4, 0.5) is 4.79 Å². The summed E-state index contributed by atoms with van der Waals surface area (Å²) < 4.78 is 15.7. The van der Waals surface area contributed by atoms with E-state index in [2.05, 4.69) is 5.32 Å². The third-order valence-electron chi connectivity index (χ3n) is 4.58. The summed E-state index contributed by atoms with van der Waals surface area (Å²) in [4.78, 5) is 37.7. The van der Waals surface area contributed by atoms with Crippen LogP contribution in [0.3, 0.4) is 0 Å². The number of esters is 2. The Kier molecular flexibility index (Phi) is 9.25. The van der Waals surface area contributed by atoms with Crippen LogP contribution in [0.5, 0.6) is 0 Å². The van der Waals surface area contributed by atoms with Crippen molar-refractivity contribution in [1.82, 2.24) is 5.32 Å². The molecule has 0 aliphatic heterocycles. The minimum atomic E-state index is -1.08. The van der Waals surface area contributed by atoms with Gasteiger partial charge in [-0.1, -0.05) is 60.7 Å². The number of alkyl carbamates (subject to hydrolysis) is 1. The van der Waals surface area contributed by atoms with Crippen LogP contribution in [0, 0.1) is 5.92 Å². The number of nitrogens with one attached hydrogen (secondary N) is 1. The highest BCUT2D eigenvalue weighted by molar-refractivity contribution is 5.82. The van der Waals surface area contributed by atoms with Crippen molar-refractivity contribution in [3.05, 3.63) is 71.8 Å². The first-order chi connectivity index (χ1) is 15.2. The fourth-order valence-electron chi connectivity index (χ4n) is 3.11. The Morgan fingerprint density at radius 2 is 1.44 bits per heavy atom. The van der Waals surface area contributed by atoms with Crippen molar-refractivity contribution in [2.45, 2.75) is 51.9 Å². The zero-order valence-electron chi connectivity index (χ0n) is 19.0. The lowest BCUT2D eigenvalue weighted by atomic mass is 9.92. The number of ether oxygens (including phenoxy) is 3. The smallest absolute Gasteiger partial charge is 0.408 e. The molecule has 0 aliphatic carbocycles. The second-order valence-electron chi connectivity index (χ2n) is 8.44. The predicted octanol–water partition coefficient (Wildman–Crippen LogP) is 4.05. The summed E-state index contributed by atoms with van der Waals surface area (Å²) in [5, 5.41) is 2.56. The molecular weight excluding hydrogens is 410 g/mol. The summed E-state index contributed by atoms with van der Waals surface area (Å²) in [7, 11) is 1.30. The molecule has 0 saturated carbocycles.